The maximum absolute atomic E-state index is 12.1. The summed E-state index contributed by atoms with van der Waals surface area (Å²) in [5, 5.41) is 13.6. The van der Waals surface area contributed by atoms with Gasteiger partial charge in [-0.3, -0.25) is 4.79 Å². The van der Waals surface area contributed by atoms with Crippen molar-refractivity contribution in [2.45, 2.75) is 12.6 Å². The van der Waals surface area contributed by atoms with E-state index in [4.69, 9.17) is 4.74 Å². The van der Waals surface area contributed by atoms with Gasteiger partial charge in [0.1, 0.15) is 5.75 Å². The molecular weight excluding hydrogens is 256 g/mol. The van der Waals surface area contributed by atoms with E-state index in [1.165, 1.54) is 0 Å². The smallest absolute Gasteiger partial charge is 0.263 e. The summed E-state index contributed by atoms with van der Waals surface area (Å²) in [6.45, 7) is 0.789. The fourth-order valence-corrected chi connectivity index (χ4v) is 1.98. The van der Waals surface area contributed by atoms with Crippen LogP contribution in [0.3, 0.4) is 0 Å². The van der Waals surface area contributed by atoms with Crippen LogP contribution >= 0.6 is 0 Å². The summed E-state index contributed by atoms with van der Waals surface area (Å²) in [5.74, 6) is 0.524. The second-order valence-electron chi connectivity index (χ2n) is 4.42. The molecule has 102 valence electrons. The normalized spacial score (nSPS) is 16.5. The number of ether oxygens (including phenoxy) is 1. The van der Waals surface area contributed by atoms with Gasteiger partial charge in [0.05, 0.1) is 24.5 Å². The van der Waals surface area contributed by atoms with Crippen LogP contribution in [0.4, 0.5) is 5.69 Å². The standard InChI is InChI=1S/C14H14N4O2/c19-14(16-8-10-4-3-7-17-18-10)13-9-15-11-5-1-2-6-12(11)20-13/h1-7,13,15H,8-9H2,(H,16,19). The zero-order valence-electron chi connectivity index (χ0n) is 10.7. The summed E-state index contributed by atoms with van der Waals surface area (Å²) in [6, 6.07) is 11.1. The van der Waals surface area contributed by atoms with Crippen LogP contribution in [0.1, 0.15) is 5.69 Å². The first-order chi connectivity index (χ1) is 9.83. The van der Waals surface area contributed by atoms with Crippen LogP contribution in [0.2, 0.25) is 0 Å². The number of carbonyl (C=O) groups excluding carboxylic acids is 1. The number of hydrogen-bond donors (Lipinski definition) is 2. The zero-order valence-corrected chi connectivity index (χ0v) is 10.7. The van der Waals surface area contributed by atoms with Gasteiger partial charge in [-0.2, -0.15) is 10.2 Å². The highest BCUT2D eigenvalue weighted by Gasteiger charge is 2.25. The summed E-state index contributed by atoms with van der Waals surface area (Å²) in [4.78, 5) is 12.1. The molecule has 1 aromatic heterocycles. The van der Waals surface area contributed by atoms with Crippen LogP contribution in [-0.2, 0) is 11.3 Å². The molecule has 0 saturated carbocycles. The molecule has 0 saturated heterocycles. The number of carbonyl (C=O) groups is 1. The predicted molar refractivity (Wildman–Crippen MR) is 73.2 cm³/mol. The molecule has 1 aliphatic rings. The lowest BCUT2D eigenvalue weighted by Gasteiger charge is -2.26. The third-order valence-corrected chi connectivity index (χ3v) is 3.00. The van der Waals surface area contributed by atoms with Crippen molar-refractivity contribution in [1.82, 2.24) is 15.5 Å². The van der Waals surface area contributed by atoms with Crippen LogP contribution in [0.5, 0.6) is 5.75 Å². The Morgan fingerprint density at radius 1 is 1.35 bits per heavy atom. The molecule has 0 aliphatic carbocycles. The van der Waals surface area contributed by atoms with E-state index in [1.807, 2.05) is 30.3 Å². The minimum atomic E-state index is -0.540. The van der Waals surface area contributed by atoms with Crippen molar-refractivity contribution in [3.8, 4) is 5.75 Å². The molecule has 6 heteroatoms. The van der Waals surface area contributed by atoms with Gasteiger partial charge < -0.3 is 15.4 Å². The maximum Gasteiger partial charge on any atom is 0.263 e. The van der Waals surface area contributed by atoms with Crippen LogP contribution in [0, 0.1) is 0 Å². The number of aromatic nitrogens is 2. The number of para-hydroxylation sites is 2. The highest BCUT2D eigenvalue weighted by Crippen LogP contribution is 2.28. The van der Waals surface area contributed by atoms with Gasteiger partial charge in [-0.1, -0.05) is 12.1 Å². The highest BCUT2D eigenvalue weighted by molar-refractivity contribution is 5.83. The Morgan fingerprint density at radius 3 is 3.10 bits per heavy atom. The van der Waals surface area contributed by atoms with E-state index >= 15 is 0 Å². The van der Waals surface area contributed by atoms with Gasteiger partial charge in [-0.05, 0) is 24.3 Å². The molecule has 1 aromatic carbocycles. The topological polar surface area (TPSA) is 76.1 Å². The summed E-state index contributed by atoms with van der Waals surface area (Å²) in [7, 11) is 0. The van der Waals surface area contributed by atoms with Gasteiger partial charge in [-0.25, -0.2) is 0 Å². The predicted octanol–water partition coefficient (Wildman–Crippen LogP) is 0.966. The Labute approximate surface area is 116 Å². The first-order valence-corrected chi connectivity index (χ1v) is 6.37. The fourth-order valence-electron chi connectivity index (χ4n) is 1.98. The van der Waals surface area contributed by atoms with Crippen LogP contribution in [-0.4, -0.2) is 28.8 Å². The molecule has 1 amide bonds. The number of benzene rings is 1. The van der Waals surface area contributed by atoms with Crippen molar-refractivity contribution in [2.75, 3.05) is 11.9 Å². The molecule has 0 fully saturated rings. The maximum atomic E-state index is 12.1. The monoisotopic (exact) mass is 270 g/mol. The molecule has 6 nitrogen and oxygen atoms in total. The van der Waals surface area contributed by atoms with E-state index in [-0.39, 0.29) is 5.91 Å². The lowest BCUT2D eigenvalue weighted by molar-refractivity contribution is -0.127. The Morgan fingerprint density at radius 2 is 2.25 bits per heavy atom. The summed E-state index contributed by atoms with van der Waals surface area (Å²) in [5.41, 5.74) is 1.62. The molecule has 1 aliphatic heterocycles. The molecule has 1 unspecified atom stereocenters. The number of hydrogen-bond acceptors (Lipinski definition) is 5. The second kappa shape index (κ2) is 5.56. The first kappa shape index (κ1) is 12.4. The molecule has 0 spiro atoms. The van der Waals surface area contributed by atoms with E-state index < -0.39 is 6.10 Å². The van der Waals surface area contributed by atoms with Gasteiger partial charge in [0, 0.05) is 6.20 Å². The van der Waals surface area contributed by atoms with Gasteiger partial charge in [0.15, 0.2) is 6.10 Å². The van der Waals surface area contributed by atoms with E-state index in [9.17, 15) is 4.79 Å². The van der Waals surface area contributed by atoms with Crippen molar-refractivity contribution in [3.05, 3.63) is 48.3 Å². The molecule has 0 bridgehead atoms. The number of nitrogens with one attached hydrogen (secondary N) is 2. The van der Waals surface area contributed by atoms with E-state index in [0.717, 1.165) is 5.69 Å². The van der Waals surface area contributed by atoms with E-state index in [2.05, 4.69) is 20.8 Å². The molecule has 2 N–H and O–H groups in total. The lowest BCUT2D eigenvalue weighted by atomic mass is 10.2. The van der Waals surface area contributed by atoms with Gasteiger partial charge >= 0.3 is 0 Å². The van der Waals surface area contributed by atoms with Gasteiger partial charge in [-0.15, -0.1) is 0 Å². The Bertz CT molecular complexity index is 603. The average molecular weight is 270 g/mol. The minimum Gasteiger partial charge on any atom is -0.477 e. The van der Waals surface area contributed by atoms with E-state index in [1.54, 1.807) is 12.3 Å². The fraction of sp³-hybridized carbons (Fsp3) is 0.214. The Balaban J connectivity index is 1.59. The molecular formula is C14H14N4O2. The van der Waals surface area contributed by atoms with Gasteiger partial charge in [0.2, 0.25) is 0 Å². The quantitative estimate of drug-likeness (QED) is 0.869. The Hall–Kier alpha value is -2.63. The van der Waals surface area contributed by atoms with Crippen molar-refractivity contribution >= 4 is 11.6 Å². The third-order valence-electron chi connectivity index (χ3n) is 3.00. The molecule has 2 aromatic rings. The first-order valence-electron chi connectivity index (χ1n) is 6.37. The second-order valence-corrected chi connectivity index (χ2v) is 4.42. The van der Waals surface area contributed by atoms with E-state index in [0.29, 0.717) is 24.5 Å². The average Bonchev–Trinajstić information content (AvgIpc) is 2.53. The Kier molecular flexibility index (Phi) is 3.45. The molecule has 20 heavy (non-hydrogen) atoms. The largest absolute Gasteiger partial charge is 0.477 e. The molecule has 2 heterocycles. The number of amides is 1. The van der Waals surface area contributed by atoms with Crippen molar-refractivity contribution in [1.29, 1.82) is 0 Å². The van der Waals surface area contributed by atoms with Crippen LogP contribution in [0.25, 0.3) is 0 Å². The number of rotatable bonds is 3. The SMILES string of the molecule is O=C(NCc1cccnn1)C1CNc2ccccc2O1. The van der Waals surface area contributed by atoms with Crippen molar-refractivity contribution in [3.63, 3.8) is 0 Å². The number of anilines is 1. The van der Waals surface area contributed by atoms with Crippen molar-refractivity contribution in [2.24, 2.45) is 0 Å². The third kappa shape index (κ3) is 2.69. The lowest BCUT2D eigenvalue weighted by Crippen LogP contribution is -2.44. The molecule has 1 atom stereocenters. The van der Waals surface area contributed by atoms with Crippen LogP contribution in [0.15, 0.2) is 42.6 Å². The van der Waals surface area contributed by atoms with Crippen molar-refractivity contribution < 1.29 is 9.53 Å². The summed E-state index contributed by atoms with van der Waals surface area (Å²) < 4.78 is 5.67. The van der Waals surface area contributed by atoms with Crippen LogP contribution < -0.4 is 15.4 Å². The number of fused-ring (bicyclic) bond motifs is 1. The minimum absolute atomic E-state index is 0.169. The summed E-state index contributed by atoms with van der Waals surface area (Å²) in [6.07, 6.45) is 1.05. The molecule has 3 rings (SSSR count). The number of nitrogens with zero attached hydrogens (tertiary/aromatic N) is 2. The summed E-state index contributed by atoms with van der Waals surface area (Å²) >= 11 is 0. The highest BCUT2D eigenvalue weighted by atomic mass is 16.5. The molecule has 0 radical (unpaired) electrons. The zero-order chi connectivity index (χ0) is 13.8. The van der Waals surface area contributed by atoms with Gasteiger partial charge in [0.25, 0.3) is 5.91 Å².